The highest BCUT2D eigenvalue weighted by atomic mass is 16.5. The molecule has 0 bridgehead atoms. The fourth-order valence-electron chi connectivity index (χ4n) is 2.81. The predicted octanol–water partition coefficient (Wildman–Crippen LogP) is 3.13. The molecule has 0 saturated heterocycles. The average Bonchev–Trinajstić information content (AvgIpc) is 3.21. The summed E-state index contributed by atoms with van der Waals surface area (Å²) in [5, 5.41) is 11.3. The second-order valence-electron chi connectivity index (χ2n) is 6.45. The third kappa shape index (κ3) is 3.82. The van der Waals surface area contributed by atoms with Crippen molar-refractivity contribution in [2.45, 2.75) is 46.7 Å². The summed E-state index contributed by atoms with van der Waals surface area (Å²) in [4.78, 5) is 16.5. The van der Waals surface area contributed by atoms with Crippen LogP contribution in [0.4, 0.5) is 0 Å². The van der Waals surface area contributed by atoms with Crippen molar-refractivity contribution >= 4 is 5.91 Å². The minimum absolute atomic E-state index is 0.0232. The molecule has 3 aromatic rings. The van der Waals surface area contributed by atoms with Gasteiger partial charge in [-0.1, -0.05) is 35.5 Å². The van der Waals surface area contributed by atoms with Crippen LogP contribution in [0.15, 0.2) is 34.9 Å². The van der Waals surface area contributed by atoms with Gasteiger partial charge < -0.3 is 9.84 Å². The molecule has 136 valence electrons. The molecule has 1 N–H and O–H groups in total. The van der Waals surface area contributed by atoms with Crippen LogP contribution in [0, 0.1) is 20.8 Å². The van der Waals surface area contributed by atoms with Gasteiger partial charge in [0.1, 0.15) is 0 Å². The van der Waals surface area contributed by atoms with Crippen molar-refractivity contribution in [2.24, 2.45) is 0 Å². The number of amides is 1. The number of benzene rings is 1. The average molecular weight is 353 g/mol. The SMILES string of the molecule is Cc1nn([C@H](C)CC(=O)NCc2nc(-c3ccccc3)no2)c(C)c1C. The largest absolute Gasteiger partial charge is 0.347 e. The van der Waals surface area contributed by atoms with Crippen molar-refractivity contribution in [1.29, 1.82) is 0 Å². The highest BCUT2D eigenvalue weighted by molar-refractivity contribution is 5.76. The Balaban J connectivity index is 1.56. The Morgan fingerprint density at radius 3 is 2.62 bits per heavy atom. The monoisotopic (exact) mass is 353 g/mol. The number of nitrogens with zero attached hydrogens (tertiary/aromatic N) is 4. The zero-order chi connectivity index (χ0) is 18.7. The summed E-state index contributed by atoms with van der Waals surface area (Å²) in [6.45, 7) is 8.24. The van der Waals surface area contributed by atoms with E-state index in [4.69, 9.17) is 4.52 Å². The lowest BCUT2D eigenvalue weighted by atomic mass is 10.2. The molecule has 0 saturated carbocycles. The van der Waals surface area contributed by atoms with E-state index in [1.165, 1.54) is 0 Å². The maximum absolute atomic E-state index is 12.2. The molecule has 0 aliphatic heterocycles. The van der Waals surface area contributed by atoms with Crippen LogP contribution in [-0.4, -0.2) is 25.8 Å². The van der Waals surface area contributed by atoms with Gasteiger partial charge in [-0.15, -0.1) is 0 Å². The fraction of sp³-hybridized carbons (Fsp3) is 0.368. The van der Waals surface area contributed by atoms with Gasteiger partial charge in [0.25, 0.3) is 0 Å². The van der Waals surface area contributed by atoms with Crippen molar-refractivity contribution < 1.29 is 9.32 Å². The quantitative estimate of drug-likeness (QED) is 0.736. The number of carbonyl (C=O) groups is 1. The van der Waals surface area contributed by atoms with E-state index in [1.807, 2.05) is 62.7 Å². The van der Waals surface area contributed by atoms with Gasteiger partial charge in [0.2, 0.25) is 17.6 Å². The second-order valence-corrected chi connectivity index (χ2v) is 6.45. The van der Waals surface area contributed by atoms with E-state index >= 15 is 0 Å². The first kappa shape index (κ1) is 17.8. The molecule has 7 heteroatoms. The third-order valence-corrected chi connectivity index (χ3v) is 4.52. The molecule has 0 spiro atoms. The first-order valence-corrected chi connectivity index (χ1v) is 8.62. The van der Waals surface area contributed by atoms with E-state index in [0.717, 1.165) is 22.5 Å². The summed E-state index contributed by atoms with van der Waals surface area (Å²) in [5.74, 6) is 0.815. The summed E-state index contributed by atoms with van der Waals surface area (Å²) in [6, 6.07) is 9.54. The van der Waals surface area contributed by atoms with Gasteiger partial charge in [-0.25, -0.2) is 0 Å². The first-order valence-electron chi connectivity index (χ1n) is 8.62. The van der Waals surface area contributed by atoms with Crippen molar-refractivity contribution in [2.75, 3.05) is 0 Å². The molecule has 0 radical (unpaired) electrons. The lowest BCUT2D eigenvalue weighted by Crippen LogP contribution is -2.26. The number of aromatic nitrogens is 4. The van der Waals surface area contributed by atoms with Crippen molar-refractivity contribution in [3.05, 3.63) is 53.2 Å². The van der Waals surface area contributed by atoms with E-state index in [1.54, 1.807) is 0 Å². The third-order valence-electron chi connectivity index (χ3n) is 4.52. The van der Waals surface area contributed by atoms with Crippen LogP contribution in [0.3, 0.4) is 0 Å². The fourth-order valence-corrected chi connectivity index (χ4v) is 2.81. The Morgan fingerprint density at radius 2 is 1.96 bits per heavy atom. The second kappa shape index (κ2) is 7.51. The van der Waals surface area contributed by atoms with Crippen LogP contribution in [0.25, 0.3) is 11.4 Å². The molecule has 0 fully saturated rings. The molecular weight excluding hydrogens is 330 g/mol. The summed E-state index contributed by atoms with van der Waals surface area (Å²) < 4.78 is 7.11. The molecule has 1 atom stereocenters. The molecule has 3 rings (SSSR count). The van der Waals surface area contributed by atoms with Crippen molar-refractivity contribution in [3.63, 3.8) is 0 Å². The van der Waals surface area contributed by atoms with Gasteiger partial charge in [0.05, 0.1) is 18.3 Å². The predicted molar refractivity (Wildman–Crippen MR) is 97.3 cm³/mol. The highest BCUT2D eigenvalue weighted by Crippen LogP contribution is 2.18. The minimum Gasteiger partial charge on any atom is -0.347 e. The number of carbonyl (C=O) groups excluding carboxylic acids is 1. The number of rotatable bonds is 6. The maximum atomic E-state index is 12.2. The molecule has 26 heavy (non-hydrogen) atoms. The summed E-state index contributed by atoms with van der Waals surface area (Å²) in [7, 11) is 0. The van der Waals surface area contributed by atoms with Crippen LogP contribution in [-0.2, 0) is 11.3 Å². The lowest BCUT2D eigenvalue weighted by molar-refractivity contribution is -0.122. The number of aryl methyl sites for hydroxylation is 1. The van der Waals surface area contributed by atoms with E-state index in [9.17, 15) is 4.79 Å². The van der Waals surface area contributed by atoms with Gasteiger partial charge in [-0.2, -0.15) is 10.1 Å². The van der Waals surface area contributed by atoms with E-state index in [-0.39, 0.29) is 18.5 Å². The summed E-state index contributed by atoms with van der Waals surface area (Å²) in [5.41, 5.74) is 4.13. The smallest absolute Gasteiger partial charge is 0.246 e. The molecular formula is C19H23N5O2. The van der Waals surface area contributed by atoms with Crippen LogP contribution in [0.1, 0.15) is 42.2 Å². The Kier molecular flexibility index (Phi) is 5.16. The van der Waals surface area contributed by atoms with Crippen molar-refractivity contribution in [1.82, 2.24) is 25.2 Å². The lowest BCUT2D eigenvalue weighted by Gasteiger charge is -2.14. The molecule has 0 aliphatic rings. The van der Waals surface area contributed by atoms with Crippen LogP contribution >= 0.6 is 0 Å². The van der Waals surface area contributed by atoms with Gasteiger partial charge in [0.15, 0.2) is 0 Å². The Morgan fingerprint density at radius 1 is 1.23 bits per heavy atom. The summed E-state index contributed by atoms with van der Waals surface area (Å²) >= 11 is 0. The number of nitrogens with one attached hydrogen (secondary N) is 1. The molecule has 2 aromatic heterocycles. The number of hydrogen-bond donors (Lipinski definition) is 1. The van der Waals surface area contributed by atoms with Crippen LogP contribution in [0.5, 0.6) is 0 Å². The van der Waals surface area contributed by atoms with E-state index in [2.05, 4.69) is 20.6 Å². The van der Waals surface area contributed by atoms with Gasteiger partial charge >= 0.3 is 0 Å². The Hall–Kier alpha value is -2.96. The van der Waals surface area contributed by atoms with Gasteiger partial charge in [-0.05, 0) is 33.3 Å². The molecule has 2 heterocycles. The minimum atomic E-state index is -0.0813. The Bertz CT molecular complexity index is 898. The van der Waals surface area contributed by atoms with Crippen molar-refractivity contribution in [3.8, 4) is 11.4 Å². The van der Waals surface area contributed by atoms with Crippen LogP contribution < -0.4 is 5.32 Å². The maximum Gasteiger partial charge on any atom is 0.246 e. The standard InChI is InChI=1S/C19H23N5O2/c1-12(24-15(4)13(2)14(3)22-24)10-17(25)20-11-18-21-19(23-26-18)16-8-6-5-7-9-16/h5-9,12H,10-11H2,1-4H3,(H,20,25)/t12-/m1/s1. The molecule has 0 unspecified atom stereocenters. The molecule has 1 aromatic carbocycles. The molecule has 1 amide bonds. The molecule has 7 nitrogen and oxygen atoms in total. The van der Waals surface area contributed by atoms with Gasteiger partial charge in [-0.3, -0.25) is 9.48 Å². The zero-order valence-electron chi connectivity index (χ0n) is 15.5. The zero-order valence-corrected chi connectivity index (χ0v) is 15.5. The van der Waals surface area contributed by atoms with Gasteiger partial charge in [0, 0.05) is 17.7 Å². The molecule has 0 aliphatic carbocycles. The first-order chi connectivity index (χ1) is 12.5. The van der Waals surface area contributed by atoms with Crippen LogP contribution in [0.2, 0.25) is 0 Å². The Labute approximate surface area is 152 Å². The topological polar surface area (TPSA) is 85.8 Å². The summed E-state index contributed by atoms with van der Waals surface area (Å²) in [6.07, 6.45) is 0.334. The highest BCUT2D eigenvalue weighted by Gasteiger charge is 2.17. The van der Waals surface area contributed by atoms with E-state index < -0.39 is 0 Å². The normalized spacial score (nSPS) is 12.2. The number of hydrogen-bond acceptors (Lipinski definition) is 5. The van der Waals surface area contributed by atoms with E-state index in [0.29, 0.717) is 18.1 Å².